The Morgan fingerprint density at radius 3 is 2.68 bits per heavy atom. The molecule has 1 aromatic carbocycles. The van der Waals surface area contributed by atoms with E-state index in [4.69, 9.17) is 0 Å². The standard InChI is InChI=1S/C15H21N3O/c1-10(2)11(3)16-15(19)9-18-12(4)17-13-7-5-6-8-14(13)18/h5-8,10-11H,9H2,1-4H3,(H,16,19). The lowest BCUT2D eigenvalue weighted by molar-refractivity contribution is -0.122. The minimum absolute atomic E-state index is 0.0347. The summed E-state index contributed by atoms with van der Waals surface area (Å²) in [5.74, 6) is 1.34. The van der Waals surface area contributed by atoms with Crippen LogP contribution < -0.4 is 5.32 Å². The van der Waals surface area contributed by atoms with Crippen LogP contribution in [-0.2, 0) is 11.3 Å². The molecule has 4 heteroatoms. The van der Waals surface area contributed by atoms with Crippen molar-refractivity contribution in [3.63, 3.8) is 0 Å². The Morgan fingerprint density at radius 1 is 1.32 bits per heavy atom. The van der Waals surface area contributed by atoms with Crippen molar-refractivity contribution in [2.24, 2.45) is 5.92 Å². The molecule has 0 saturated carbocycles. The van der Waals surface area contributed by atoms with E-state index in [0.717, 1.165) is 16.9 Å². The maximum atomic E-state index is 12.1. The number of aromatic nitrogens is 2. The van der Waals surface area contributed by atoms with Gasteiger partial charge in [0, 0.05) is 6.04 Å². The lowest BCUT2D eigenvalue weighted by atomic mass is 10.1. The zero-order valence-electron chi connectivity index (χ0n) is 12.0. The molecule has 0 radical (unpaired) electrons. The van der Waals surface area contributed by atoms with E-state index in [-0.39, 0.29) is 11.9 Å². The second-order valence-corrected chi connectivity index (χ2v) is 5.33. The van der Waals surface area contributed by atoms with Crippen LogP contribution in [0.3, 0.4) is 0 Å². The molecule has 1 unspecified atom stereocenters. The lowest BCUT2D eigenvalue weighted by Gasteiger charge is -2.18. The second-order valence-electron chi connectivity index (χ2n) is 5.33. The Balaban J connectivity index is 2.17. The van der Waals surface area contributed by atoms with Gasteiger partial charge in [0.2, 0.25) is 5.91 Å². The molecule has 0 spiro atoms. The van der Waals surface area contributed by atoms with Crippen LogP contribution >= 0.6 is 0 Å². The summed E-state index contributed by atoms with van der Waals surface area (Å²) in [6.07, 6.45) is 0. The molecular formula is C15H21N3O. The van der Waals surface area contributed by atoms with Gasteiger partial charge in [-0.05, 0) is 31.9 Å². The molecule has 1 amide bonds. The van der Waals surface area contributed by atoms with Crippen molar-refractivity contribution in [1.82, 2.24) is 14.9 Å². The molecule has 0 saturated heterocycles. The van der Waals surface area contributed by atoms with Gasteiger partial charge in [0.15, 0.2) is 0 Å². The minimum Gasteiger partial charge on any atom is -0.352 e. The smallest absolute Gasteiger partial charge is 0.240 e. The van der Waals surface area contributed by atoms with Gasteiger partial charge in [-0.25, -0.2) is 4.98 Å². The number of imidazole rings is 1. The molecule has 0 aliphatic heterocycles. The molecule has 19 heavy (non-hydrogen) atoms. The summed E-state index contributed by atoms with van der Waals surface area (Å²) < 4.78 is 1.96. The van der Waals surface area contributed by atoms with Crippen LogP contribution in [0.4, 0.5) is 0 Å². The van der Waals surface area contributed by atoms with Crippen LogP contribution in [0, 0.1) is 12.8 Å². The SMILES string of the molecule is Cc1nc2ccccc2n1CC(=O)NC(C)C(C)C. The number of benzene rings is 1. The molecule has 102 valence electrons. The molecule has 2 rings (SSSR count). The molecule has 0 bridgehead atoms. The van der Waals surface area contributed by atoms with Gasteiger partial charge in [-0.15, -0.1) is 0 Å². The summed E-state index contributed by atoms with van der Waals surface area (Å²) in [7, 11) is 0. The van der Waals surface area contributed by atoms with Crippen molar-refractivity contribution in [3.05, 3.63) is 30.1 Å². The summed E-state index contributed by atoms with van der Waals surface area (Å²) in [5, 5.41) is 3.02. The molecule has 1 aromatic heterocycles. The summed E-state index contributed by atoms with van der Waals surface area (Å²) in [5.41, 5.74) is 1.94. The Labute approximate surface area is 113 Å². The first-order valence-electron chi connectivity index (χ1n) is 6.70. The van der Waals surface area contributed by atoms with Crippen LogP contribution in [-0.4, -0.2) is 21.5 Å². The topological polar surface area (TPSA) is 46.9 Å². The zero-order chi connectivity index (χ0) is 14.0. The second kappa shape index (κ2) is 5.43. The number of carbonyl (C=O) groups excluding carboxylic acids is 1. The fraction of sp³-hybridized carbons (Fsp3) is 0.467. The first kappa shape index (κ1) is 13.6. The first-order chi connectivity index (χ1) is 8.99. The number of amides is 1. The Hall–Kier alpha value is -1.84. The van der Waals surface area contributed by atoms with Gasteiger partial charge in [-0.2, -0.15) is 0 Å². The highest BCUT2D eigenvalue weighted by Gasteiger charge is 2.14. The Bertz CT molecular complexity index is 586. The fourth-order valence-electron chi connectivity index (χ4n) is 2.01. The monoisotopic (exact) mass is 259 g/mol. The molecular weight excluding hydrogens is 238 g/mol. The highest BCUT2D eigenvalue weighted by molar-refractivity contribution is 5.81. The van der Waals surface area contributed by atoms with Crippen LogP contribution in [0.2, 0.25) is 0 Å². The normalized spacial score (nSPS) is 12.9. The van der Waals surface area contributed by atoms with E-state index in [2.05, 4.69) is 24.1 Å². The number of hydrogen-bond donors (Lipinski definition) is 1. The summed E-state index contributed by atoms with van der Waals surface area (Å²) in [6.45, 7) is 8.48. The largest absolute Gasteiger partial charge is 0.352 e. The predicted octanol–water partition coefficient (Wildman–Crippen LogP) is 2.51. The highest BCUT2D eigenvalue weighted by Crippen LogP contribution is 2.15. The predicted molar refractivity (Wildman–Crippen MR) is 76.9 cm³/mol. The molecule has 0 fully saturated rings. The molecule has 1 N–H and O–H groups in total. The van der Waals surface area contributed by atoms with Gasteiger partial charge in [0.1, 0.15) is 12.4 Å². The molecule has 4 nitrogen and oxygen atoms in total. The molecule has 0 aliphatic carbocycles. The fourth-order valence-corrected chi connectivity index (χ4v) is 2.01. The average molecular weight is 259 g/mol. The van der Waals surface area contributed by atoms with Crippen LogP contribution in [0.1, 0.15) is 26.6 Å². The van der Waals surface area contributed by atoms with Crippen LogP contribution in [0.15, 0.2) is 24.3 Å². The third-order valence-corrected chi connectivity index (χ3v) is 3.54. The third kappa shape index (κ3) is 2.95. The number of hydrogen-bond acceptors (Lipinski definition) is 2. The Morgan fingerprint density at radius 2 is 2.00 bits per heavy atom. The van der Waals surface area contributed by atoms with Crippen LogP contribution in [0.25, 0.3) is 11.0 Å². The van der Waals surface area contributed by atoms with Gasteiger partial charge in [0.25, 0.3) is 0 Å². The van der Waals surface area contributed by atoms with E-state index >= 15 is 0 Å². The van der Waals surface area contributed by atoms with Gasteiger partial charge in [0.05, 0.1) is 11.0 Å². The van der Waals surface area contributed by atoms with E-state index in [1.165, 1.54) is 0 Å². The average Bonchev–Trinajstić information content (AvgIpc) is 2.66. The Kier molecular flexibility index (Phi) is 3.88. The van der Waals surface area contributed by atoms with Crippen molar-refractivity contribution in [2.45, 2.75) is 40.3 Å². The van der Waals surface area contributed by atoms with E-state index in [1.54, 1.807) is 0 Å². The minimum atomic E-state index is 0.0347. The summed E-state index contributed by atoms with van der Waals surface area (Å²) in [6, 6.07) is 8.07. The molecule has 1 heterocycles. The maximum absolute atomic E-state index is 12.1. The van der Waals surface area contributed by atoms with Crippen LogP contribution in [0.5, 0.6) is 0 Å². The molecule has 2 aromatic rings. The quantitative estimate of drug-likeness (QED) is 0.917. The zero-order valence-corrected chi connectivity index (χ0v) is 12.0. The van der Waals surface area contributed by atoms with Crippen molar-refractivity contribution in [1.29, 1.82) is 0 Å². The van der Waals surface area contributed by atoms with E-state index in [1.807, 2.05) is 42.7 Å². The van der Waals surface area contributed by atoms with Gasteiger partial charge < -0.3 is 9.88 Å². The number of fused-ring (bicyclic) bond motifs is 1. The van der Waals surface area contributed by atoms with E-state index in [0.29, 0.717) is 12.5 Å². The van der Waals surface area contributed by atoms with E-state index in [9.17, 15) is 4.79 Å². The van der Waals surface area contributed by atoms with Crippen molar-refractivity contribution < 1.29 is 4.79 Å². The maximum Gasteiger partial charge on any atom is 0.240 e. The van der Waals surface area contributed by atoms with Crippen molar-refractivity contribution in [2.75, 3.05) is 0 Å². The van der Waals surface area contributed by atoms with Gasteiger partial charge in [-0.3, -0.25) is 4.79 Å². The van der Waals surface area contributed by atoms with Crippen molar-refractivity contribution in [3.8, 4) is 0 Å². The number of nitrogens with zero attached hydrogens (tertiary/aromatic N) is 2. The number of carbonyl (C=O) groups is 1. The number of para-hydroxylation sites is 2. The number of aryl methyl sites for hydroxylation is 1. The van der Waals surface area contributed by atoms with Crippen molar-refractivity contribution >= 4 is 16.9 Å². The summed E-state index contributed by atoms with van der Waals surface area (Å²) in [4.78, 5) is 16.5. The highest BCUT2D eigenvalue weighted by atomic mass is 16.2. The van der Waals surface area contributed by atoms with Gasteiger partial charge >= 0.3 is 0 Å². The van der Waals surface area contributed by atoms with E-state index < -0.39 is 0 Å². The summed E-state index contributed by atoms with van der Waals surface area (Å²) >= 11 is 0. The molecule has 0 aliphatic rings. The lowest BCUT2D eigenvalue weighted by Crippen LogP contribution is -2.38. The third-order valence-electron chi connectivity index (χ3n) is 3.54. The molecule has 1 atom stereocenters. The van der Waals surface area contributed by atoms with Gasteiger partial charge in [-0.1, -0.05) is 26.0 Å². The first-order valence-corrected chi connectivity index (χ1v) is 6.70. The number of rotatable bonds is 4. The number of nitrogens with one attached hydrogen (secondary N) is 1.